The van der Waals surface area contributed by atoms with Crippen molar-refractivity contribution in [1.82, 2.24) is 19.4 Å². The number of halogens is 1. The maximum Gasteiger partial charge on any atom is 0.378 e. The summed E-state index contributed by atoms with van der Waals surface area (Å²) in [5.41, 5.74) is 0.911. The summed E-state index contributed by atoms with van der Waals surface area (Å²) in [5.74, 6) is -0.952. The molecular formula is C20H23B2ClN4O6S2. The van der Waals surface area contributed by atoms with Gasteiger partial charge in [0.1, 0.15) is 12.1 Å². The van der Waals surface area contributed by atoms with Gasteiger partial charge in [0.05, 0.1) is 45.1 Å². The predicted molar refractivity (Wildman–Crippen MR) is 131 cm³/mol. The number of imidazole rings is 1. The maximum absolute atomic E-state index is 12.0. The highest BCUT2D eigenvalue weighted by Gasteiger charge is 2.61. The summed E-state index contributed by atoms with van der Waals surface area (Å²) >= 11 is 9.00. The zero-order valence-corrected chi connectivity index (χ0v) is 21.8. The second kappa shape index (κ2) is 9.59. The number of amides is 2. The maximum atomic E-state index is 12.0. The van der Waals surface area contributed by atoms with Gasteiger partial charge in [-0.15, -0.1) is 35.1 Å². The van der Waals surface area contributed by atoms with Crippen molar-refractivity contribution in [2.24, 2.45) is 0 Å². The second-order valence-corrected chi connectivity index (χ2v) is 13.0. The monoisotopic (exact) mass is 536 g/mol. The molecule has 0 N–H and O–H groups in total. The first-order valence-corrected chi connectivity index (χ1v) is 13.1. The van der Waals surface area contributed by atoms with E-state index < -0.39 is 33.5 Å². The van der Waals surface area contributed by atoms with Gasteiger partial charge in [0, 0.05) is 18.6 Å². The van der Waals surface area contributed by atoms with Crippen LogP contribution in [0.15, 0.2) is 12.5 Å². The van der Waals surface area contributed by atoms with Crippen LogP contribution in [0.4, 0.5) is 0 Å². The topological polar surface area (TPSA) is 111 Å². The Morgan fingerprint density at radius 1 is 1.06 bits per heavy atom. The summed E-state index contributed by atoms with van der Waals surface area (Å²) < 4.78 is 9.58. The number of rotatable bonds is 5. The average molecular weight is 537 g/mol. The van der Waals surface area contributed by atoms with Gasteiger partial charge in [0.2, 0.25) is 11.8 Å². The van der Waals surface area contributed by atoms with E-state index in [4.69, 9.17) is 27.7 Å². The van der Waals surface area contributed by atoms with Gasteiger partial charge in [-0.3, -0.25) is 19.2 Å². The van der Waals surface area contributed by atoms with Crippen LogP contribution in [-0.4, -0.2) is 97.4 Å². The molecule has 0 bridgehead atoms. The summed E-state index contributed by atoms with van der Waals surface area (Å²) in [6, 6.07) is -1.30. The van der Waals surface area contributed by atoms with E-state index in [1.165, 1.54) is 16.7 Å². The number of fused-ring (bicyclic) bond motifs is 2. The number of alkyl halides is 1. The molecule has 10 nitrogen and oxygen atoms in total. The van der Waals surface area contributed by atoms with Crippen molar-refractivity contribution in [3.63, 3.8) is 0 Å². The van der Waals surface area contributed by atoms with Crippen molar-refractivity contribution >= 4 is 75.0 Å². The Morgan fingerprint density at radius 2 is 1.54 bits per heavy atom. The molecule has 0 spiro atoms. The molecule has 1 aromatic rings. The summed E-state index contributed by atoms with van der Waals surface area (Å²) in [6.45, 7) is 6.28. The van der Waals surface area contributed by atoms with E-state index in [1.807, 2.05) is 31.5 Å². The molecular weight excluding hydrogens is 513 g/mol. The van der Waals surface area contributed by atoms with Gasteiger partial charge in [-0.25, -0.2) is 4.98 Å². The van der Waals surface area contributed by atoms with Gasteiger partial charge in [0.25, 0.3) is 0 Å². The Balaban J connectivity index is 0.000000172. The third-order valence-electron chi connectivity index (χ3n) is 6.62. The van der Waals surface area contributed by atoms with Crippen molar-refractivity contribution in [3.8, 4) is 0 Å². The van der Waals surface area contributed by atoms with Crippen LogP contribution < -0.4 is 0 Å². The Hall–Kier alpha value is -1.79. The summed E-state index contributed by atoms with van der Waals surface area (Å²) in [6.07, 6.45) is 4.57. The first-order valence-electron chi connectivity index (χ1n) is 10.8. The highest BCUT2D eigenvalue weighted by atomic mass is 35.5. The fourth-order valence-corrected chi connectivity index (χ4v) is 8.66. The molecule has 4 aliphatic rings. The van der Waals surface area contributed by atoms with E-state index in [0.717, 1.165) is 5.69 Å². The third-order valence-corrected chi connectivity index (χ3v) is 10.5. The molecule has 5 heterocycles. The smallest absolute Gasteiger partial charge is 0.378 e. The van der Waals surface area contributed by atoms with Crippen LogP contribution in [0, 0.1) is 6.92 Å². The van der Waals surface area contributed by atoms with Crippen molar-refractivity contribution in [2.45, 2.75) is 72.5 Å². The number of hydrogen-bond acceptors (Lipinski definition) is 9. The fourth-order valence-electron chi connectivity index (χ4n) is 4.96. The molecule has 5 rings (SSSR count). The van der Waals surface area contributed by atoms with Gasteiger partial charge < -0.3 is 23.7 Å². The molecule has 2 amide bonds. The van der Waals surface area contributed by atoms with Crippen molar-refractivity contribution < 1.29 is 28.5 Å². The van der Waals surface area contributed by atoms with E-state index in [-0.39, 0.29) is 28.4 Å². The zero-order valence-electron chi connectivity index (χ0n) is 19.4. The number of aryl methyl sites for hydroxylation is 1. The molecule has 1 aromatic heterocycles. The van der Waals surface area contributed by atoms with Gasteiger partial charge in [-0.05, 0) is 20.8 Å². The number of carbonyl (C=O) groups excluding carboxylic acids is 4. The lowest BCUT2D eigenvalue weighted by Crippen LogP contribution is -2.58. The summed E-state index contributed by atoms with van der Waals surface area (Å²) in [4.78, 5) is 53.9. The van der Waals surface area contributed by atoms with Crippen LogP contribution in [0.2, 0.25) is 0 Å². The van der Waals surface area contributed by atoms with Crippen LogP contribution in [0.1, 0.15) is 32.4 Å². The number of nitrogens with zero attached hydrogens (tertiary/aromatic N) is 4. The third kappa shape index (κ3) is 4.46. The Labute approximate surface area is 219 Å². The van der Waals surface area contributed by atoms with Crippen LogP contribution in [0.3, 0.4) is 0 Å². The molecule has 0 aliphatic carbocycles. The minimum atomic E-state index is -0.656. The Kier molecular flexibility index (Phi) is 7.20. The Morgan fingerprint density at radius 3 is 1.94 bits per heavy atom. The molecule has 4 radical (unpaired) electrons. The fraction of sp³-hybridized carbons (Fsp3) is 0.650. The largest absolute Gasteiger partial charge is 0.542 e. The van der Waals surface area contributed by atoms with E-state index in [2.05, 4.69) is 14.3 Å². The SMILES string of the molecule is [B]OC(=O)[C@@H]1N2C(=O)CC2S[C@@]1(C)CCl.[B]OC(=O)[C@@H]1N2C(=O)CC2S[C@@]1(C)Cn1cnc(C)c1. The lowest BCUT2D eigenvalue weighted by Gasteiger charge is -2.37. The van der Waals surface area contributed by atoms with E-state index >= 15 is 0 Å². The molecule has 6 atom stereocenters. The number of β-lactam (4-membered cyclic amide) rings is 2. The van der Waals surface area contributed by atoms with Gasteiger partial charge in [-0.1, -0.05) is 0 Å². The van der Waals surface area contributed by atoms with Crippen LogP contribution in [0.25, 0.3) is 0 Å². The van der Waals surface area contributed by atoms with E-state index in [0.29, 0.717) is 19.4 Å². The van der Waals surface area contributed by atoms with Crippen molar-refractivity contribution in [3.05, 3.63) is 18.2 Å². The second-order valence-electron chi connectivity index (χ2n) is 9.28. The molecule has 184 valence electrons. The van der Waals surface area contributed by atoms with Crippen LogP contribution in [0.5, 0.6) is 0 Å². The van der Waals surface area contributed by atoms with Gasteiger partial charge in [0.15, 0.2) is 0 Å². The minimum absolute atomic E-state index is 0.0246. The molecule has 4 aliphatic heterocycles. The van der Waals surface area contributed by atoms with Gasteiger partial charge in [-0.2, -0.15) is 0 Å². The standard InChI is InChI=1S/C12H14BN3O3S.C8H9BClNO3S/c1-7-4-15(6-14-7)5-12(2)10(11(18)19-13)16-8(17)3-9(16)20-12;1-8(3-10)6(7(13)14-9)11-4(12)2-5(11)15-8/h4,6,9-10H,3,5H2,1-2H3;5-6H,2-3H2,1H3/t9?,10-,12-;5?,6-,8-/m00/s1. The minimum Gasteiger partial charge on any atom is -0.542 e. The number of aromatic nitrogens is 2. The molecule has 0 saturated carbocycles. The Bertz CT molecular complexity index is 1060. The van der Waals surface area contributed by atoms with Crippen LogP contribution in [-0.2, 0) is 35.0 Å². The number of thioether (sulfide) groups is 2. The zero-order chi connectivity index (χ0) is 25.7. The number of hydrogen-bond donors (Lipinski definition) is 0. The first kappa shape index (κ1) is 26.3. The lowest BCUT2D eigenvalue weighted by molar-refractivity contribution is -0.155. The van der Waals surface area contributed by atoms with E-state index in [9.17, 15) is 19.2 Å². The highest BCUT2D eigenvalue weighted by molar-refractivity contribution is 8.02. The van der Waals surface area contributed by atoms with Crippen molar-refractivity contribution in [1.29, 1.82) is 0 Å². The molecule has 15 heteroatoms. The molecule has 4 fully saturated rings. The molecule has 35 heavy (non-hydrogen) atoms. The first-order chi connectivity index (χ1) is 16.5. The van der Waals surface area contributed by atoms with Crippen LogP contribution >= 0.6 is 35.1 Å². The van der Waals surface area contributed by atoms with Crippen molar-refractivity contribution in [2.75, 3.05) is 5.88 Å². The number of carbonyl (C=O) groups is 4. The van der Waals surface area contributed by atoms with E-state index in [1.54, 1.807) is 23.0 Å². The predicted octanol–water partition coefficient (Wildman–Crippen LogP) is 0.535. The summed E-state index contributed by atoms with van der Waals surface area (Å²) in [5, 5.41) is 0.0894. The highest BCUT2D eigenvalue weighted by Crippen LogP contribution is 2.52. The molecule has 0 aromatic carbocycles. The lowest BCUT2D eigenvalue weighted by atomic mass is 9.96. The average Bonchev–Trinajstić information content (AvgIpc) is 3.41. The quantitative estimate of drug-likeness (QED) is 0.302. The normalized spacial score (nSPS) is 34.7. The summed E-state index contributed by atoms with van der Waals surface area (Å²) in [7, 11) is 9.90. The van der Waals surface area contributed by atoms with Gasteiger partial charge >= 0.3 is 28.0 Å². The molecule has 4 saturated heterocycles. The molecule has 2 unspecified atom stereocenters.